The van der Waals surface area contributed by atoms with Gasteiger partial charge in [-0.05, 0) is 6.92 Å². The number of hydrogen-bond acceptors (Lipinski definition) is 4. The van der Waals surface area contributed by atoms with E-state index in [0.717, 1.165) is 0 Å². The molecular formula is C7H7F2N3O4. The summed E-state index contributed by atoms with van der Waals surface area (Å²) in [7, 11) is 0. The smallest absolute Gasteiger partial charge is 0.363 e. The molecule has 0 saturated heterocycles. The SMILES string of the molecule is Cc1c([N+](=O)[O-])c(C(=O)O)nn1CC(F)F. The maximum absolute atomic E-state index is 12.1. The summed E-state index contributed by atoms with van der Waals surface area (Å²) < 4.78 is 24.7. The molecule has 0 bridgehead atoms. The highest BCUT2D eigenvalue weighted by atomic mass is 19.3. The molecule has 0 atom stereocenters. The van der Waals surface area contributed by atoms with Crippen molar-refractivity contribution in [3.8, 4) is 0 Å². The predicted molar refractivity (Wildman–Crippen MR) is 46.6 cm³/mol. The quantitative estimate of drug-likeness (QED) is 0.621. The van der Waals surface area contributed by atoms with E-state index in [2.05, 4.69) is 5.10 Å². The van der Waals surface area contributed by atoms with Crippen LogP contribution in [0.4, 0.5) is 14.5 Å². The number of nitro groups is 1. The van der Waals surface area contributed by atoms with Crippen molar-refractivity contribution in [1.29, 1.82) is 0 Å². The molecule has 1 aromatic rings. The van der Waals surface area contributed by atoms with Crippen LogP contribution in [0.15, 0.2) is 0 Å². The largest absolute Gasteiger partial charge is 0.476 e. The van der Waals surface area contributed by atoms with Crippen LogP contribution in [0.1, 0.15) is 16.2 Å². The molecule has 0 radical (unpaired) electrons. The van der Waals surface area contributed by atoms with E-state index in [1.807, 2.05) is 0 Å². The van der Waals surface area contributed by atoms with Crippen molar-refractivity contribution in [3.63, 3.8) is 0 Å². The number of nitrogens with zero attached hydrogens (tertiary/aromatic N) is 3. The maximum Gasteiger partial charge on any atom is 0.363 e. The van der Waals surface area contributed by atoms with Gasteiger partial charge >= 0.3 is 11.7 Å². The van der Waals surface area contributed by atoms with Crippen LogP contribution in [0.25, 0.3) is 0 Å². The average Bonchev–Trinajstić information content (AvgIpc) is 2.43. The monoisotopic (exact) mass is 235 g/mol. The highest BCUT2D eigenvalue weighted by molar-refractivity contribution is 5.90. The minimum atomic E-state index is -2.76. The molecule has 0 saturated carbocycles. The lowest BCUT2D eigenvalue weighted by Gasteiger charge is -2.00. The summed E-state index contributed by atoms with van der Waals surface area (Å²) in [6.45, 7) is 0.292. The molecule has 88 valence electrons. The molecule has 0 fully saturated rings. The Bertz CT molecular complexity index is 443. The van der Waals surface area contributed by atoms with Crippen molar-refractivity contribution >= 4 is 11.7 Å². The number of alkyl halides is 2. The van der Waals surface area contributed by atoms with Crippen molar-refractivity contribution in [1.82, 2.24) is 9.78 Å². The van der Waals surface area contributed by atoms with E-state index in [-0.39, 0.29) is 5.69 Å². The lowest BCUT2D eigenvalue weighted by Crippen LogP contribution is -2.10. The molecule has 9 heteroatoms. The molecule has 1 aromatic heterocycles. The Hall–Kier alpha value is -2.06. The highest BCUT2D eigenvalue weighted by Crippen LogP contribution is 2.23. The number of rotatable bonds is 4. The molecule has 7 nitrogen and oxygen atoms in total. The van der Waals surface area contributed by atoms with Gasteiger partial charge in [-0.1, -0.05) is 0 Å². The molecule has 0 spiro atoms. The first-order chi connectivity index (χ1) is 7.34. The molecule has 1 N–H and O–H groups in total. The molecule has 1 rings (SSSR count). The summed E-state index contributed by atoms with van der Waals surface area (Å²) in [6, 6.07) is 0. The topological polar surface area (TPSA) is 98.3 Å². The van der Waals surface area contributed by atoms with E-state index >= 15 is 0 Å². The minimum Gasteiger partial charge on any atom is -0.476 e. The van der Waals surface area contributed by atoms with Gasteiger partial charge < -0.3 is 5.11 Å². The first-order valence-electron chi connectivity index (χ1n) is 4.07. The van der Waals surface area contributed by atoms with Crippen LogP contribution in [-0.2, 0) is 6.54 Å². The number of halogens is 2. The molecule has 16 heavy (non-hydrogen) atoms. The molecule has 0 aromatic carbocycles. The van der Waals surface area contributed by atoms with Gasteiger partial charge in [-0.25, -0.2) is 13.6 Å². The zero-order valence-corrected chi connectivity index (χ0v) is 8.05. The summed E-state index contributed by atoms with van der Waals surface area (Å²) in [4.78, 5) is 20.2. The van der Waals surface area contributed by atoms with E-state index in [9.17, 15) is 23.7 Å². The Kier molecular flexibility index (Phi) is 3.16. The summed E-state index contributed by atoms with van der Waals surface area (Å²) in [6.07, 6.45) is -2.76. The van der Waals surface area contributed by atoms with Crippen LogP contribution in [0.5, 0.6) is 0 Å². The Morgan fingerprint density at radius 3 is 2.56 bits per heavy atom. The summed E-state index contributed by atoms with van der Waals surface area (Å²) in [5.74, 6) is -1.62. The predicted octanol–water partition coefficient (Wildman–Crippen LogP) is 1.06. The normalized spacial score (nSPS) is 10.8. The second kappa shape index (κ2) is 4.21. The van der Waals surface area contributed by atoms with Gasteiger partial charge in [-0.3, -0.25) is 14.8 Å². The summed E-state index contributed by atoms with van der Waals surface area (Å²) in [5.41, 5.74) is -1.79. The molecule has 0 aliphatic heterocycles. The molecule has 1 heterocycles. The Morgan fingerprint density at radius 2 is 2.25 bits per heavy atom. The maximum atomic E-state index is 12.1. The van der Waals surface area contributed by atoms with E-state index in [1.54, 1.807) is 0 Å². The van der Waals surface area contributed by atoms with Crippen LogP contribution in [0.3, 0.4) is 0 Å². The van der Waals surface area contributed by atoms with Crippen LogP contribution in [-0.4, -0.2) is 32.2 Å². The Labute approximate surface area is 87.4 Å². The lowest BCUT2D eigenvalue weighted by atomic mass is 10.3. The van der Waals surface area contributed by atoms with E-state index < -0.39 is 35.2 Å². The van der Waals surface area contributed by atoms with Gasteiger partial charge in [-0.2, -0.15) is 5.10 Å². The zero-order valence-electron chi connectivity index (χ0n) is 8.05. The fourth-order valence-electron chi connectivity index (χ4n) is 1.21. The van der Waals surface area contributed by atoms with Gasteiger partial charge in [-0.15, -0.1) is 0 Å². The summed E-state index contributed by atoms with van der Waals surface area (Å²) in [5, 5.41) is 22.4. The number of carboxylic acids is 1. The highest BCUT2D eigenvalue weighted by Gasteiger charge is 2.30. The van der Waals surface area contributed by atoms with Gasteiger partial charge in [0, 0.05) is 0 Å². The molecule has 0 aliphatic carbocycles. The molecular weight excluding hydrogens is 228 g/mol. The molecule has 0 amide bonds. The van der Waals surface area contributed by atoms with Crippen LogP contribution in [0, 0.1) is 17.0 Å². The first kappa shape index (κ1) is 12.0. The van der Waals surface area contributed by atoms with Crippen molar-refractivity contribution in [2.45, 2.75) is 19.9 Å². The number of hydrogen-bond donors (Lipinski definition) is 1. The Balaban J connectivity index is 3.30. The fourth-order valence-corrected chi connectivity index (χ4v) is 1.21. The van der Waals surface area contributed by atoms with Crippen LogP contribution < -0.4 is 0 Å². The van der Waals surface area contributed by atoms with Crippen molar-refractivity contribution in [2.75, 3.05) is 0 Å². The zero-order chi connectivity index (χ0) is 12.5. The van der Waals surface area contributed by atoms with E-state index in [1.165, 1.54) is 6.92 Å². The third-order valence-electron chi connectivity index (χ3n) is 1.87. The van der Waals surface area contributed by atoms with E-state index in [4.69, 9.17) is 5.11 Å². The molecule has 0 aliphatic rings. The van der Waals surface area contributed by atoms with Crippen LogP contribution >= 0.6 is 0 Å². The van der Waals surface area contributed by atoms with Gasteiger partial charge in [0.1, 0.15) is 12.2 Å². The second-order valence-electron chi connectivity index (χ2n) is 2.92. The van der Waals surface area contributed by atoms with Gasteiger partial charge in [0.2, 0.25) is 5.69 Å². The first-order valence-corrected chi connectivity index (χ1v) is 4.07. The minimum absolute atomic E-state index is 0.206. The third-order valence-corrected chi connectivity index (χ3v) is 1.87. The van der Waals surface area contributed by atoms with Gasteiger partial charge in [0.05, 0.1) is 4.92 Å². The third kappa shape index (κ3) is 2.12. The second-order valence-corrected chi connectivity index (χ2v) is 2.92. The Morgan fingerprint density at radius 1 is 1.69 bits per heavy atom. The van der Waals surface area contributed by atoms with Gasteiger partial charge in [0.15, 0.2) is 0 Å². The number of aromatic nitrogens is 2. The standard InChI is InChI=1S/C7H7F2N3O4/c1-3-6(12(15)16)5(7(13)14)10-11(3)2-4(8)9/h4H,2H2,1H3,(H,13,14). The lowest BCUT2D eigenvalue weighted by molar-refractivity contribution is -0.385. The van der Waals surface area contributed by atoms with Crippen molar-refractivity contribution in [2.24, 2.45) is 0 Å². The number of carboxylic acid groups (broad SMARTS) is 1. The fraction of sp³-hybridized carbons (Fsp3) is 0.429. The number of aromatic carboxylic acids is 1. The van der Waals surface area contributed by atoms with Crippen molar-refractivity contribution in [3.05, 3.63) is 21.5 Å². The van der Waals surface area contributed by atoms with Gasteiger partial charge in [0.25, 0.3) is 6.43 Å². The average molecular weight is 235 g/mol. The van der Waals surface area contributed by atoms with Crippen LogP contribution in [0.2, 0.25) is 0 Å². The van der Waals surface area contributed by atoms with E-state index in [0.29, 0.717) is 4.68 Å². The van der Waals surface area contributed by atoms with Crippen molar-refractivity contribution < 1.29 is 23.6 Å². The number of carbonyl (C=O) groups is 1. The summed E-state index contributed by atoms with van der Waals surface area (Å²) >= 11 is 0. The molecule has 0 unspecified atom stereocenters.